The smallest absolute Gasteiger partial charge is 0.302 e. The second-order valence-corrected chi connectivity index (χ2v) is 2.56. The lowest BCUT2D eigenvalue weighted by Gasteiger charge is -2.05. The lowest BCUT2D eigenvalue weighted by molar-refractivity contribution is 0.168. The highest BCUT2D eigenvalue weighted by atomic mass is 16.6. The van der Waals surface area contributed by atoms with Gasteiger partial charge in [0.05, 0.1) is 11.7 Å². The number of benzene rings is 1. The third-order valence-corrected chi connectivity index (χ3v) is 1.80. The van der Waals surface area contributed by atoms with Crippen molar-refractivity contribution in [1.82, 2.24) is 9.71 Å². The van der Waals surface area contributed by atoms with Gasteiger partial charge in [-0.25, -0.2) is 4.98 Å². The summed E-state index contributed by atoms with van der Waals surface area (Å²) in [4.78, 5) is 20.1. The molecule has 0 saturated carbocycles. The maximum Gasteiger partial charge on any atom is 0.302 e. The lowest BCUT2D eigenvalue weighted by atomic mass is 10.3. The minimum Gasteiger partial charge on any atom is -0.413 e. The van der Waals surface area contributed by atoms with Crippen LogP contribution in [0.3, 0.4) is 0 Å². The van der Waals surface area contributed by atoms with Gasteiger partial charge in [0.2, 0.25) is 0 Å². The van der Waals surface area contributed by atoms with Crippen molar-refractivity contribution in [2.24, 2.45) is 0 Å². The molecule has 1 aromatic heterocycles. The van der Waals surface area contributed by atoms with Crippen molar-refractivity contribution < 1.29 is 4.84 Å². The van der Waals surface area contributed by atoms with Crippen molar-refractivity contribution in [1.29, 1.82) is 0 Å². The fraction of sp³-hybridized carbons (Fsp3) is 0.111. The second kappa shape index (κ2) is 2.90. The molecule has 13 heavy (non-hydrogen) atoms. The minimum atomic E-state index is -0.263. The highest BCUT2D eigenvalue weighted by molar-refractivity contribution is 5.73. The van der Waals surface area contributed by atoms with Gasteiger partial charge in [-0.1, -0.05) is 12.1 Å². The van der Waals surface area contributed by atoms with E-state index >= 15 is 0 Å². The lowest BCUT2D eigenvalue weighted by Crippen LogP contribution is -2.24. The number of hydrogen-bond acceptors (Lipinski definition) is 3. The van der Waals surface area contributed by atoms with Gasteiger partial charge in [0.1, 0.15) is 12.6 Å². The van der Waals surface area contributed by atoms with Gasteiger partial charge in [0.25, 0.3) is 0 Å². The number of rotatable bonds is 1. The predicted molar refractivity (Wildman–Crippen MR) is 48.5 cm³/mol. The summed E-state index contributed by atoms with van der Waals surface area (Å²) in [6.07, 6.45) is 1.24. The molecule has 0 unspecified atom stereocenters. The average Bonchev–Trinajstić information content (AvgIpc) is 2.18. The molecule has 0 N–H and O–H groups in total. The summed E-state index contributed by atoms with van der Waals surface area (Å²) in [5, 5.41) is 0. The molecule has 0 atom stereocenters. The Balaban J connectivity index is 2.92. The Morgan fingerprint density at radius 1 is 1.38 bits per heavy atom. The van der Waals surface area contributed by atoms with Crippen molar-refractivity contribution in [2.75, 3.05) is 7.11 Å². The van der Waals surface area contributed by atoms with E-state index in [2.05, 4.69) is 4.98 Å². The number of hydrogen-bond donors (Lipinski definition) is 0. The molecule has 1 aromatic carbocycles. The predicted octanol–water partition coefficient (Wildman–Crippen LogP) is 0.455. The van der Waals surface area contributed by atoms with E-state index < -0.39 is 0 Å². The molecule has 0 aliphatic heterocycles. The molecule has 0 bridgehead atoms. The first-order chi connectivity index (χ1) is 6.33. The van der Waals surface area contributed by atoms with E-state index in [1.165, 1.54) is 18.0 Å². The molecule has 66 valence electrons. The zero-order valence-electron chi connectivity index (χ0n) is 7.10. The quantitative estimate of drug-likeness (QED) is 0.633. The molecule has 2 rings (SSSR count). The van der Waals surface area contributed by atoms with Gasteiger partial charge in [-0.05, 0) is 12.1 Å². The van der Waals surface area contributed by atoms with Gasteiger partial charge in [0.15, 0.2) is 0 Å². The van der Waals surface area contributed by atoms with Crippen LogP contribution in [-0.2, 0) is 0 Å². The van der Waals surface area contributed by atoms with E-state index in [0.29, 0.717) is 5.52 Å². The zero-order valence-corrected chi connectivity index (χ0v) is 7.10. The third-order valence-electron chi connectivity index (χ3n) is 1.80. The topological polar surface area (TPSA) is 44.1 Å². The van der Waals surface area contributed by atoms with Gasteiger partial charge in [-0.2, -0.15) is 0 Å². The van der Waals surface area contributed by atoms with E-state index in [-0.39, 0.29) is 5.56 Å². The molecule has 0 aliphatic rings. The van der Waals surface area contributed by atoms with Gasteiger partial charge in [-0.3, -0.25) is 4.79 Å². The highest BCUT2D eigenvalue weighted by Gasteiger charge is 2.01. The number of para-hydroxylation sites is 2. The van der Waals surface area contributed by atoms with Crippen molar-refractivity contribution in [3.05, 3.63) is 40.8 Å². The van der Waals surface area contributed by atoms with Gasteiger partial charge in [0, 0.05) is 0 Å². The maximum atomic E-state index is 11.2. The normalized spacial score (nSPS) is 10.2. The largest absolute Gasteiger partial charge is 0.413 e. The standard InChI is InChI=1S/C9H8N2O2/c1-13-11-8-5-3-2-4-7(8)10-6-9(11)12/h2-6H,1H3. The van der Waals surface area contributed by atoms with Crippen molar-refractivity contribution in [3.63, 3.8) is 0 Å². The summed E-state index contributed by atoms with van der Waals surface area (Å²) in [5.74, 6) is 0. The monoisotopic (exact) mass is 176 g/mol. The number of aromatic nitrogens is 2. The Morgan fingerprint density at radius 2 is 2.15 bits per heavy atom. The summed E-state index contributed by atoms with van der Waals surface area (Å²) < 4.78 is 1.21. The Hall–Kier alpha value is -1.84. The van der Waals surface area contributed by atoms with Crippen LogP contribution in [0, 0.1) is 0 Å². The van der Waals surface area contributed by atoms with Crippen LogP contribution in [0.4, 0.5) is 0 Å². The zero-order chi connectivity index (χ0) is 9.26. The molecule has 0 fully saturated rings. The molecule has 1 heterocycles. The van der Waals surface area contributed by atoms with Crippen LogP contribution < -0.4 is 10.4 Å². The van der Waals surface area contributed by atoms with Crippen molar-refractivity contribution in [3.8, 4) is 0 Å². The SMILES string of the molecule is COn1c(=O)cnc2ccccc21. The van der Waals surface area contributed by atoms with E-state index in [0.717, 1.165) is 5.52 Å². The van der Waals surface area contributed by atoms with Crippen LogP contribution in [0.15, 0.2) is 35.3 Å². The first-order valence-electron chi connectivity index (χ1n) is 3.84. The molecule has 0 radical (unpaired) electrons. The Bertz CT molecular complexity index is 490. The molecule has 0 saturated heterocycles. The van der Waals surface area contributed by atoms with E-state index in [1.807, 2.05) is 18.2 Å². The molecular weight excluding hydrogens is 168 g/mol. The average molecular weight is 176 g/mol. The Morgan fingerprint density at radius 3 is 2.92 bits per heavy atom. The van der Waals surface area contributed by atoms with Crippen LogP contribution >= 0.6 is 0 Å². The fourth-order valence-corrected chi connectivity index (χ4v) is 1.23. The van der Waals surface area contributed by atoms with Crippen LogP contribution in [-0.4, -0.2) is 16.8 Å². The Labute approximate surface area is 74.4 Å². The molecule has 0 spiro atoms. The third kappa shape index (κ3) is 1.16. The van der Waals surface area contributed by atoms with Crippen LogP contribution in [0.1, 0.15) is 0 Å². The van der Waals surface area contributed by atoms with E-state index in [1.54, 1.807) is 6.07 Å². The van der Waals surface area contributed by atoms with Crippen molar-refractivity contribution >= 4 is 11.0 Å². The summed E-state index contributed by atoms with van der Waals surface area (Å²) in [6.45, 7) is 0. The summed E-state index contributed by atoms with van der Waals surface area (Å²) >= 11 is 0. The molecular formula is C9H8N2O2. The minimum absolute atomic E-state index is 0.263. The molecule has 0 aliphatic carbocycles. The van der Waals surface area contributed by atoms with E-state index in [4.69, 9.17) is 4.84 Å². The van der Waals surface area contributed by atoms with E-state index in [9.17, 15) is 4.79 Å². The van der Waals surface area contributed by atoms with Crippen LogP contribution in [0.25, 0.3) is 11.0 Å². The van der Waals surface area contributed by atoms with Crippen LogP contribution in [0.2, 0.25) is 0 Å². The first kappa shape index (κ1) is 7.79. The van der Waals surface area contributed by atoms with Gasteiger partial charge in [-0.15, -0.1) is 4.73 Å². The van der Waals surface area contributed by atoms with Crippen LogP contribution in [0.5, 0.6) is 0 Å². The first-order valence-corrected chi connectivity index (χ1v) is 3.84. The molecule has 0 amide bonds. The molecule has 4 heteroatoms. The molecule has 2 aromatic rings. The number of fused-ring (bicyclic) bond motifs is 1. The second-order valence-electron chi connectivity index (χ2n) is 2.56. The van der Waals surface area contributed by atoms with Crippen molar-refractivity contribution in [2.45, 2.75) is 0 Å². The molecule has 4 nitrogen and oxygen atoms in total. The number of nitrogens with zero attached hydrogens (tertiary/aromatic N) is 2. The summed E-state index contributed by atoms with van der Waals surface area (Å²) in [5.41, 5.74) is 1.16. The Kier molecular flexibility index (Phi) is 1.73. The fourth-order valence-electron chi connectivity index (χ4n) is 1.23. The highest BCUT2D eigenvalue weighted by Crippen LogP contribution is 2.05. The van der Waals surface area contributed by atoms with Gasteiger partial charge >= 0.3 is 5.56 Å². The summed E-state index contributed by atoms with van der Waals surface area (Å²) in [7, 11) is 1.45. The van der Waals surface area contributed by atoms with Gasteiger partial charge < -0.3 is 4.84 Å². The summed E-state index contributed by atoms with van der Waals surface area (Å²) in [6, 6.07) is 7.30. The maximum absolute atomic E-state index is 11.2.